The fourth-order valence-corrected chi connectivity index (χ4v) is 6.33. The van der Waals surface area contributed by atoms with Crippen LogP contribution < -0.4 is 0 Å². The van der Waals surface area contributed by atoms with Gasteiger partial charge in [-0.15, -0.1) is 0 Å². The average molecular weight is 488 g/mol. The van der Waals surface area contributed by atoms with Crippen LogP contribution in [0.4, 0.5) is 0 Å². The molecule has 0 aliphatic carbocycles. The Labute approximate surface area is 173 Å². The molecule has 0 aromatic heterocycles. The fraction of sp³-hybridized carbons (Fsp3) is 0.130. The SMILES string of the molecule is Cc1cc(C)c(I(OC(=O)c2ccccc2)OC(=O)c2ccccc2)c(C)c1. The quantitative estimate of drug-likeness (QED) is 0.424. The molecule has 0 saturated carbocycles. The van der Waals surface area contributed by atoms with Gasteiger partial charge in [-0.25, -0.2) is 0 Å². The second kappa shape index (κ2) is 9.01. The summed E-state index contributed by atoms with van der Waals surface area (Å²) in [6.45, 7) is 5.91. The van der Waals surface area contributed by atoms with E-state index in [2.05, 4.69) is 0 Å². The van der Waals surface area contributed by atoms with Gasteiger partial charge in [0.2, 0.25) is 0 Å². The summed E-state index contributed by atoms with van der Waals surface area (Å²) >= 11 is -3.06. The molecule has 0 bridgehead atoms. The van der Waals surface area contributed by atoms with Crippen LogP contribution in [0.3, 0.4) is 0 Å². The first-order valence-corrected chi connectivity index (χ1v) is 11.6. The first kappa shape index (κ1) is 20.1. The first-order valence-electron chi connectivity index (χ1n) is 8.79. The van der Waals surface area contributed by atoms with Crippen molar-refractivity contribution >= 4 is 32.6 Å². The number of carbonyl (C=O) groups is 2. The van der Waals surface area contributed by atoms with E-state index < -0.39 is 32.6 Å². The summed E-state index contributed by atoms with van der Waals surface area (Å²) in [5.41, 5.74) is 3.90. The molecule has 0 aliphatic rings. The molecule has 3 aromatic rings. The fourth-order valence-electron chi connectivity index (χ4n) is 2.86. The van der Waals surface area contributed by atoms with Gasteiger partial charge in [-0.05, 0) is 0 Å². The Kier molecular flexibility index (Phi) is 6.46. The molecule has 0 atom stereocenters. The molecular formula is C23H21IO4. The Morgan fingerprint density at radius 3 is 1.46 bits per heavy atom. The van der Waals surface area contributed by atoms with E-state index in [0.29, 0.717) is 11.1 Å². The van der Waals surface area contributed by atoms with Crippen LogP contribution in [0.5, 0.6) is 0 Å². The Morgan fingerprint density at radius 2 is 1.07 bits per heavy atom. The van der Waals surface area contributed by atoms with Crippen LogP contribution >= 0.6 is 20.6 Å². The molecule has 0 fully saturated rings. The van der Waals surface area contributed by atoms with Crippen molar-refractivity contribution in [2.24, 2.45) is 0 Å². The van der Waals surface area contributed by atoms with Crippen LogP contribution in [0.2, 0.25) is 0 Å². The third-order valence-corrected chi connectivity index (χ3v) is 8.22. The van der Waals surface area contributed by atoms with Crippen LogP contribution in [0.1, 0.15) is 37.4 Å². The second-order valence-electron chi connectivity index (χ2n) is 6.39. The normalized spacial score (nSPS) is 10.9. The van der Waals surface area contributed by atoms with Gasteiger partial charge in [0.15, 0.2) is 0 Å². The number of benzene rings is 3. The summed E-state index contributed by atoms with van der Waals surface area (Å²) < 4.78 is 12.4. The Bertz CT molecular complexity index is 907. The van der Waals surface area contributed by atoms with E-state index in [4.69, 9.17) is 6.13 Å². The van der Waals surface area contributed by atoms with Crippen molar-refractivity contribution in [1.29, 1.82) is 0 Å². The molecule has 0 unspecified atom stereocenters. The van der Waals surface area contributed by atoms with Crippen molar-refractivity contribution in [1.82, 2.24) is 0 Å². The summed E-state index contributed by atoms with van der Waals surface area (Å²) in [6, 6.07) is 21.5. The summed E-state index contributed by atoms with van der Waals surface area (Å²) in [7, 11) is 0. The Morgan fingerprint density at radius 1 is 0.679 bits per heavy atom. The second-order valence-corrected chi connectivity index (χ2v) is 9.59. The summed E-state index contributed by atoms with van der Waals surface area (Å²) in [5, 5.41) is 0. The molecule has 0 aliphatic heterocycles. The summed E-state index contributed by atoms with van der Waals surface area (Å²) in [4.78, 5) is 25.3. The minimum atomic E-state index is -3.06. The standard InChI is InChI=1S/C23H21IO4/c1-16-14-17(2)21(18(3)15-16)24(27-22(25)19-10-6-4-7-11-19)28-23(26)20-12-8-5-9-13-20/h4-15H,1-3H3. The van der Waals surface area contributed by atoms with E-state index in [-0.39, 0.29) is 0 Å². The first-order chi connectivity index (χ1) is 13.5. The zero-order chi connectivity index (χ0) is 20.1. The van der Waals surface area contributed by atoms with Crippen molar-refractivity contribution in [2.75, 3.05) is 0 Å². The molecule has 144 valence electrons. The average Bonchev–Trinajstić information content (AvgIpc) is 2.68. The maximum atomic E-state index is 12.7. The van der Waals surface area contributed by atoms with Crippen molar-refractivity contribution in [3.8, 4) is 0 Å². The molecule has 3 rings (SSSR count). The van der Waals surface area contributed by atoms with Gasteiger partial charge in [0, 0.05) is 0 Å². The maximum absolute atomic E-state index is 12.7. The Balaban J connectivity index is 1.94. The van der Waals surface area contributed by atoms with E-state index in [9.17, 15) is 9.59 Å². The molecule has 0 N–H and O–H groups in total. The molecule has 0 saturated heterocycles. The molecule has 4 nitrogen and oxygen atoms in total. The minimum absolute atomic E-state index is 0.433. The number of halogens is 1. The van der Waals surface area contributed by atoms with Gasteiger partial charge in [0.25, 0.3) is 0 Å². The predicted molar refractivity (Wildman–Crippen MR) is 117 cm³/mol. The number of hydrogen-bond donors (Lipinski definition) is 0. The topological polar surface area (TPSA) is 52.6 Å². The van der Waals surface area contributed by atoms with Crippen LogP contribution in [-0.4, -0.2) is 11.9 Å². The summed E-state index contributed by atoms with van der Waals surface area (Å²) in [6.07, 6.45) is 0. The summed E-state index contributed by atoms with van der Waals surface area (Å²) in [5.74, 6) is -0.961. The number of aryl methyl sites for hydroxylation is 3. The van der Waals surface area contributed by atoms with E-state index in [1.807, 2.05) is 45.0 Å². The van der Waals surface area contributed by atoms with E-state index >= 15 is 0 Å². The van der Waals surface area contributed by atoms with E-state index in [1.54, 1.807) is 48.5 Å². The van der Waals surface area contributed by atoms with Gasteiger partial charge in [-0.2, -0.15) is 0 Å². The van der Waals surface area contributed by atoms with Gasteiger partial charge in [0.1, 0.15) is 0 Å². The van der Waals surface area contributed by atoms with Crippen molar-refractivity contribution in [3.63, 3.8) is 0 Å². The van der Waals surface area contributed by atoms with E-state index in [0.717, 1.165) is 20.3 Å². The van der Waals surface area contributed by atoms with Gasteiger partial charge >= 0.3 is 173 Å². The molecule has 0 heterocycles. The van der Waals surface area contributed by atoms with Crippen molar-refractivity contribution < 1.29 is 15.7 Å². The van der Waals surface area contributed by atoms with Crippen LogP contribution in [0, 0.1) is 24.3 Å². The van der Waals surface area contributed by atoms with Crippen molar-refractivity contribution in [2.45, 2.75) is 20.8 Å². The number of carbonyl (C=O) groups excluding carboxylic acids is 2. The van der Waals surface area contributed by atoms with Gasteiger partial charge < -0.3 is 0 Å². The number of rotatable bonds is 5. The number of hydrogen-bond acceptors (Lipinski definition) is 4. The molecular weight excluding hydrogens is 467 g/mol. The third kappa shape index (κ3) is 4.78. The van der Waals surface area contributed by atoms with E-state index in [1.165, 1.54) is 0 Å². The third-order valence-electron chi connectivity index (χ3n) is 4.03. The molecule has 0 spiro atoms. The van der Waals surface area contributed by atoms with Crippen LogP contribution in [0.25, 0.3) is 0 Å². The molecule has 0 radical (unpaired) electrons. The molecule has 28 heavy (non-hydrogen) atoms. The molecule has 5 heteroatoms. The van der Waals surface area contributed by atoms with Gasteiger partial charge in [-0.1, -0.05) is 0 Å². The van der Waals surface area contributed by atoms with Crippen LogP contribution in [0.15, 0.2) is 72.8 Å². The van der Waals surface area contributed by atoms with Gasteiger partial charge in [-0.3, -0.25) is 0 Å². The molecule has 3 aromatic carbocycles. The zero-order valence-electron chi connectivity index (χ0n) is 15.9. The Hall–Kier alpha value is -2.67. The zero-order valence-corrected chi connectivity index (χ0v) is 18.1. The van der Waals surface area contributed by atoms with Crippen molar-refractivity contribution in [3.05, 3.63) is 104 Å². The predicted octanol–water partition coefficient (Wildman–Crippen LogP) is 5.83. The monoisotopic (exact) mass is 488 g/mol. The molecule has 0 amide bonds. The van der Waals surface area contributed by atoms with Crippen LogP contribution in [-0.2, 0) is 6.13 Å². The van der Waals surface area contributed by atoms with Gasteiger partial charge in [0.05, 0.1) is 0 Å².